The summed E-state index contributed by atoms with van der Waals surface area (Å²) in [5.74, 6) is -4.22. The Bertz CT molecular complexity index is 714. The van der Waals surface area contributed by atoms with Crippen molar-refractivity contribution in [1.82, 2.24) is 0 Å². The Labute approximate surface area is 155 Å². The summed E-state index contributed by atoms with van der Waals surface area (Å²) in [7, 11) is 4.90. The second-order valence-electron chi connectivity index (χ2n) is 6.42. The molecule has 0 unspecified atom stereocenters. The lowest BCUT2D eigenvalue weighted by molar-refractivity contribution is -0.156. The van der Waals surface area contributed by atoms with Crippen LogP contribution in [0.5, 0.6) is 0 Å². The van der Waals surface area contributed by atoms with Crippen molar-refractivity contribution in [1.29, 1.82) is 0 Å². The maximum absolute atomic E-state index is 12.3. The van der Waals surface area contributed by atoms with E-state index in [4.69, 9.17) is 23.7 Å². The molecule has 1 saturated heterocycles. The summed E-state index contributed by atoms with van der Waals surface area (Å²) in [6.07, 6.45) is -1.29. The van der Waals surface area contributed by atoms with E-state index in [2.05, 4.69) is 0 Å². The summed E-state index contributed by atoms with van der Waals surface area (Å²) in [6, 6.07) is 0. The Morgan fingerprint density at radius 3 is 1.37 bits per heavy atom. The van der Waals surface area contributed by atoms with Crippen LogP contribution in [-0.2, 0) is 42.9 Å². The molecule has 0 amide bonds. The van der Waals surface area contributed by atoms with E-state index in [9.17, 15) is 19.2 Å². The van der Waals surface area contributed by atoms with Gasteiger partial charge in [-0.2, -0.15) is 0 Å². The number of hydrogen-bond acceptors (Lipinski definition) is 9. The first kappa shape index (κ1) is 19.1. The number of esters is 4. The predicted octanol–water partition coefficient (Wildman–Crippen LogP) is 0.0788. The van der Waals surface area contributed by atoms with Crippen molar-refractivity contribution in [3.8, 4) is 0 Å². The highest BCUT2D eigenvalue weighted by atomic mass is 16.6. The van der Waals surface area contributed by atoms with Gasteiger partial charge in [-0.05, 0) is 11.1 Å². The van der Waals surface area contributed by atoms with Crippen LogP contribution < -0.4 is 0 Å². The highest BCUT2D eigenvalue weighted by molar-refractivity contribution is 6.02. The van der Waals surface area contributed by atoms with Crippen molar-refractivity contribution in [3.05, 3.63) is 22.3 Å². The molecule has 9 nitrogen and oxygen atoms in total. The molecular formula is C18H20O9. The fraction of sp³-hybridized carbons (Fsp3) is 0.556. The molecule has 0 radical (unpaired) electrons. The van der Waals surface area contributed by atoms with Gasteiger partial charge in [0.2, 0.25) is 0 Å². The molecular weight excluding hydrogens is 360 g/mol. The third kappa shape index (κ3) is 2.82. The third-order valence-corrected chi connectivity index (χ3v) is 5.34. The van der Waals surface area contributed by atoms with E-state index < -0.39 is 47.9 Å². The highest BCUT2D eigenvalue weighted by Gasteiger charge is 2.61. The molecule has 0 aromatic carbocycles. The minimum Gasteiger partial charge on any atom is -0.469 e. The van der Waals surface area contributed by atoms with Crippen molar-refractivity contribution in [2.24, 2.45) is 11.8 Å². The molecule has 0 spiro atoms. The Morgan fingerprint density at radius 1 is 0.704 bits per heavy atom. The second kappa shape index (κ2) is 7.15. The van der Waals surface area contributed by atoms with Crippen molar-refractivity contribution in [3.63, 3.8) is 0 Å². The van der Waals surface area contributed by atoms with Gasteiger partial charge in [0, 0.05) is 12.8 Å². The maximum atomic E-state index is 12.3. The summed E-state index contributed by atoms with van der Waals surface area (Å²) in [5, 5.41) is 0. The Morgan fingerprint density at radius 2 is 1.07 bits per heavy atom. The fourth-order valence-electron chi connectivity index (χ4n) is 4.14. The summed E-state index contributed by atoms with van der Waals surface area (Å²) in [5.41, 5.74) is 1.72. The number of methoxy groups -OCH3 is 4. The van der Waals surface area contributed by atoms with Gasteiger partial charge in [0.05, 0.1) is 51.8 Å². The monoisotopic (exact) mass is 380 g/mol. The Hall–Kier alpha value is -2.68. The van der Waals surface area contributed by atoms with Crippen LogP contribution in [0.25, 0.3) is 0 Å². The third-order valence-electron chi connectivity index (χ3n) is 5.34. The predicted molar refractivity (Wildman–Crippen MR) is 87.0 cm³/mol. The molecule has 27 heavy (non-hydrogen) atoms. The van der Waals surface area contributed by atoms with Crippen molar-refractivity contribution < 1.29 is 42.9 Å². The SMILES string of the molecule is COC(=O)C1=C(C(=O)OC)CC2=C(C1)[C@H]1O[C@@H]2[C@@H](C(=O)OC)[C@@H]1C(=O)OC. The van der Waals surface area contributed by atoms with Crippen molar-refractivity contribution in [2.75, 3.05) is 28.4 Å². The van der Waals surface area contributed by atoms with Crippen LogP contribution in [0.4, 0.5) is 0 Å². The Kier molecular flexibility index (Phi) is 5.05. The van der Waals surface area contributed by atoms with E-state index in [-0.39, 0.29) is 24.0 Å². The first-order chi connectivity index (χ1) is 12.9. The smallest absolute Gasteiger partial charge is 0.334 e. The lowest BCUT2D eigenvalue weighted by Crippen LogP contribution is -2.42. The largest absolute Gasteiger partial charge is 0.469 e. The van der Waals surface area contributed by atoms with Crippen LogP contribution in [-0.4, -0.2) is 64.5 Å². The number of carbonyl (C=O) groups is 4. The molecule has 0 N–H and O–H groups in total. The first-order valence-corrected chi connectivity index (χ1v) is 8.31. The van der Waals surface area contributed by atoms with Gasteiger partial charge in [-0.3, -0.25) is 9.59 Å². The zero-order valence-electron chi connectivity index (χ0n) is 15.4. The molecule has 1 fully saturated rings. The molecule has 1 aliphatic carbocycles. The van der Waals surface area contributed by atoms with E-state index in [0.717, 1.165) is 0 Å². The topological polar surface area (TPSA) is 114 Å². The Balaban J connectivity index is 2.02. The normalized spacial score (nSPS) is 28.6. The number of fused-ring (bicyclic) bond motifs is 4. The zero-order valence-corrected chi connectivity index (χ0v) is 15.4. The zero-order chi connectivity index (χ0) is 19.9. The summed E-state index contributed by atoms with van der Waals surface area (Å²) in [6.45, 7) is 0. The van der Waals surface area contributed by atoms with Gasteiger partial charge in [-0.25, -0.2) is 9.59 Å². The van der Waals surface area contributed by atoms with Gasteiger partial charge in [0.15, 0.2) is 0 Å². The van der Waals surface area contributed by atoms with E-state index in [1.54, 1.807) is 0 Å². The summed E-state index contributed by atoms with van der Waals surface area (Å²) < 4.78 is 25.1. The standard InChI is InChI=1S/C18H20O9/c1-23-15(19)9-5-7-8(6-10(9)16(20)24-2)14-12(18(22)26-4)11(13(7)27-14)17(21)25-3/h11-14H,5-6H2,1-4H3/t11-,12-,13-,14+/m0/s1. The molecule has 146 valence electrons. The van der Waals surface area contributed by atoms with E-state index >= 15 is 0 Å². The van der Waals surface area contributed by atoms with Crippen molar-refractivity contribution in [2.45, 2.75) is 25.0 Å². The van der Waals surface area contributed by atoms with Gasteiger partial charge in [-0.1, -0.05) is 0 Å². The van der Waals surface area contributed by atoms with Gasteiger partial charge in [-0.15, -0.1) is 0 Å². The van der Waals surface area contributed by atoms with Crippen LogP contribution in [0.3, 0.4) is 0 Å². The van der Waals surface area contributed by atoms with Crippen LogP contribution in [0.1, 0.15) is 12.8 Å². The molecule has 9 heteroatoms. The van der Waals surface area contributed by atoms with Crippen LogP contribution in [0.15, 0.2) is 22.3 Å². The van der Waals surface area contributed by atoms with E-state index in [0.29, 0.717) is 11.1 Å². The number of hydrogen-bond donors (Lipinski definition) is 0. The van der Waals surface area contributed by atoms with Gasteiger partial charge in [0.1, 0.15) is 11.8 Å². The summed E-state index contributed by atoms with van der Waals surface area (Å²) in [4.78, 5) is 48.9. The molecule has 3 rings (SSSR count). The lowest BCUT2D eigenvalue weighted by atomic mass is 9.70. The van der Waals surface area contributed by atoms with E-state index in [1.165, 1.54) is 28.4 Å². The average Bonchev–Trinajstić information content (AvgIpc) is 3.26. The van der Waals surface area contributed by atoms with E-state index in [1.807, 2.05) is 0 Å². The van der Waals surface area contributed by atoms with Crippen LogP contribution in [0, 0.1) is 11.8 Å². The van der Waals surface area contributed by atoms with Gasteiger partial charge < -0.3 is 23.7 Å². The average molecular weight is 380 g/mol. The fourth-order valence-corrected chi connectivity index (χ4v) is 4.14. The second-order valence-corrected chi connectivity index (χ2v) is 6.42. The summed E-state index contributed by atoms with van der Waals surface area (Å²) >= 11 is 0. The minimum atomic E-state index is -0.871. The van der Waals surface area contributed by atoms with Crippen molar-refractivity contribution >= 4 is 23.9 Å². The molecule has 2 heterocycles. The van der Waals surface area contributed by atoms with Gasteiger partial charge >= 0.3 is 23.9 Å². The number of carbonyl (C=O) groups excluding carboxylic acids is 4. The molecule has 0 aromatic rings. The quantitative estimate of drug-likeness (QED) is 0.380. The maximum Gasteiger partial charge on any atom is 0.334 e. The molecule has 2 aliphatic heterocycles. The first-order valence-electron chi connectivity index (χ1n) is 8.31. The van der Waals surface area contributed by atoms with Crippen LogP contribution >= 0.6 is 0 Å². The molecule has 0 aromatic heterocycles. The number of ether oxygens (including phenoxy) is 5. The molecule has 3 aliphatic rings. The minimum absolute atomic E-state index is 0.0784. The number of rotatable bonds is 4. The van der Waals surface area contributed by atoms with Gasteiger partial charge in [0.25, 0.3) is 0 Å². The lowest BCUT2D eigenvalue weighted by Gasteiger charge is -2.31. The highest BCUT2D eigenvalue weighted by Crippen LogP contribution is 2.53. The molecule has 0 saturated carbocycles. The molecule has 2 bridgehead atoms. The molecule has 4 atom stereocenters. The van der Waals surface area contributed by atoms with Crippen LogP contribution in [0.2, 0.25) is 0 Å².